The first kappa shape index (κ1) is 43.8. The molecular weight excluding hydrogens is 759 g/mol. The highest BCUT2D eigenvalue weighted by molar-refractivity contribution is 7.48. The number of hydrogen-bond acceptors (Lipinski definition) is 11. The van der Waals surface area contributed by atoms with Crippen LogP contribution in [0.2, 0.25) is 0 Å². The number of phosphoric acid groups is 1. The number of hydrogen-bond donors (Lipinski definition) is 4. The van der Waals surface area contributed by atoms with E-state index in [4.69, 9.17) is 23.0 Å². The minimum Gasteiger partial charge on any atom is -0.455 e. The van der Waals surface area contributed by atoms with E-state index >= 15 is 4.57 Å². The zero-order chi connectivity index (χ0) is 41.3. The minimum atomic E-state index is -4.82. The average molecular weight is 817 g/mol. The summed E-state index contributed by atoms with van der Waals surface area (Å²) in [7, 11) is -4.82. The van der Waals surface area contributed by atoms with Gasteiger partial charge in [-0.1, -0.05) is 149 Å². The van der Waals surface area contributed by atoms with Gasteiger partial charge in [0.15, 0.2) is 6.10 Å². The lowest BCUT2D eigenvalue weighted by atomic mass is 9.64. The number of ether oxygens (including phenoxy) is 2. The van der Waals surface area contributed by atoms with Crippen molar-refractivity contribution in [3.63, 3.8) is 0 Å². The summed E-state index contributed by atoms with van der Waals surface area (Å²) in [6.07, 6.45) is -6.37. The summed E-state index contributed by atoms with van der Waals surface area (Å²) in [6.45, 7) is 5.41. The van der Waals surface area contributed by atoms with Gasteiger partial charge < -0.3 is 29.9 Å². The van der Waals surface area contributed by atoms with Crippen LogP contribution in [-0.2, 0) is 58.5 Å². The molecule has 2 saturated carbocycles. The van der Waals surface area contributed by atoms with Gasteiger partial charge in [-0.05, 0) is 52.8 Å². The molecule has 4 aromatic rings. The summed E-state index contributed by atoms with van der Waals surface area (Å²) >= 11 is 0. The molecule has 0 aliphatic heterocycles. The molecule has 9 atom stereocenters. The molecule has 4 aromatic carbocycles. The van der Waals surface area contributed by atoms with Crippen molar-refractivity contribution < 1.29 is 52.8 Å². The second kappa shape index (κ2) is 19.5. The second-order valence-corrected chi connectivity index (χ2v) is 17.9. The van der Waals surface area contributed by atoms with Crippen LogP contribution in [0.3, 0.4) is 0 Å². The predicted octanol–water partition coefficient (Wildman–Crippen LogP) is 6.99. The maximum absolute atomic E-state index is 15.1. The molecule has 0 bridgehead atoms. The number of aliphatic hydroxyl groups is 4. The summed E-state index contributed by atoms with van der Waals surface area (Å²) in [5.41, 5.74) is -2.77. The summed E-state index contributed by atoms with van der Waals surface area (Å²) in [4.78, 5) is 14.1. The maximum atomic E-state index is 15.1. The highest BCUT2D eigenvalue weighted by atomic mass is 31.2. The molecular formula is C46H57O11P. The topological polar surface area (TPSA) is 161 Å². The van der Waals surface area contributed by atoms with E-state index in [1.54, 1.807) is 109 Å². The molecule has 11 nitrogen and oxygen atoms in total. The lowest BCUT2D eigenvalue weighted by Gasteiger charge is -2.55. The third kappa shape index (κ3) is 10.7. The Balaban J connectivity index is 1.41. The van der Waals surface area contributed by atoms with Crippen LogP contribution in [0.1, 0.15) is 62.3 Å². The molecule has 12 heteroatoms. The van der Waals surface area contributed by atoms with Crippen LogP contribution in [0, 0.1) is 17.8 Å². The quantitative estimate of drug-likeness (QED) is 0.0643. The van der Waals surface area contributed by atoms with Crippen LogP contribution in [0.4, 0.5) is 0 Å². The molecule has 312 valence electrons. The van der Waals surface area contributed by atoms with Gasteiger partial charge in [0.2, 0.25) is 0 Å². The molecule has 2 fully saturated rings. The molecule has 0 radical (unpaired) electrons. The van der Waals surface area contributed by atoms with Crippen molar-refractivity contribution in [1.29, 1.82) is 0 Å². The molecule has 6 rings (SSSR count). The normalized spacial score (nSPS) is 28.9. The number of carbonyl (C=O) groups is 1. The molecule has 0 spiro atoms. The van der Waals surface area contributed by atoms with Crippen LogP contribution in [0.25, 0.3) is 0 Å². The van der Waals surface area contributed by atoms with Crippen LogP contribution in [0.15, 0.2) is 121 Å². The van der Waals surface area contributed by atoms with Gasteiger partial charge in [-0.3, -0.25) is 13.6 Å². The first-order chi connectivity index (χ1) is 27.8. The van der Waals surface area contributed by atoms with E-state index in [2.05, 4.69) is 20.8 Å². The Morgan fingerprint density at radius 1 is 0.690 bits per heavy atom. The van der Waals surface area contributed by atoms with Gasteiger partial charge in [0.05, 0.1) is 19.3 Å². The zero-order valence-corrected chi connectivity index (χ0v) is 34.3. The SMILES string of the molecule is CC1CCC(C(C)C)C(OCC(=O)O[C@H]2[C@@H](OP(=O)(OCc3ccccc3)OCc3ccccc3)[C@](O)(Cc3ccccc3)[C@H](O)[C@@H](O)[C@@]2(O)Cc2ccccc2)C1. The smallest absolute Gasteiger partial charge is 0.455 e. The summed E-state index contributed by atoms with van der Waals surface area (Å²) in [6, 6.07) is 35.1. The van der Waals surface area contributed by atoms with Crippen molar-refractivity contribution in [2.45, 2.75) is 108 Å². The van der Waals surface area contributed by atoms with Gasteiger partial charge in [0.25, 0.3) is 0 Å². The molecule has 58 heavy (non-hydrogen) atoms. The third-order valence-corrected chi connectivity index (χ3v) is 13.0. The van der Waals surface area contributed by atoms with E-state index in [1.165, 1.54) is 0 Å². The molecule has 2 aliphatic carbocycles. The second-order valence-electron chi connectivity index (χ2n) is 16.3. The van der Waals surface area contributed by atoms with E-state index in [9.17, 15) is 25.2 Å². The van der Waals surface area contributed by atoms with E-state index in [0.29, 0.717) is 34.1 Å². The molecule has 2 aliphatic rings. The lowest BCUT2D eigenvalue weighted by Crippen LogP contribution is -2.78. The van der Waals surface area contributed by atoms with E-state index < -0.39 is 56.0 Å². The van der Waals surface area contributed by atoms with Gasteiger partial charge in [-0.15, -0.1) is 0 Å². The summed E-state index contributed by atoms with van der Waals surface area (Å²) in [5, 5.41) is 49.5. The fraction of sp³-hybridized carbons (Fsp3) is 0.457. The fourth-order valence-electron chi connectivity index (χ4n) is 8.32. The highest BCUT2D eigenvalue weighted by Crippen LogP contribution is 2.56. The number of phosphoric ester groups is 1. The molecule has 0 aromatic heterocycles. The Bertz CT molecular complexity index is 1870. The minimum absolute atomic E-state index is 0.215. The van der Waals surface area contributed by atoms with E-state index in [1.807, 2.05) is 12.1 Å². The Hall–Kier alpha value is -3.74. The Kier molecular flexibility index (Phi) is 14.8. The molecule has 0 amide bonds. The highest BCUT2D eigenvalue weighted by Gasteiger charge is 2.68. The van der Waals surface area contributed by atoms with Gasteiger partial charge in [0, 0.05) is 12.8 Å². The van der Waals surface area contributed by atoms with Crippen molar-refractivity contribution in [2.24, 2.45) is 17.8 Å². The maximum Gasteiger partial charge on any atom is 0.475 e. The average Bonchev–Trinajstić information content (AvgIpc) is 3.23. The Labute approximate surface area is 341 Å². The number of esters is 1. The van der Waals surface area contributed by atoms with Crippen LogP contribution in [-0.4, -0.2) is 74.7 Å². The molecule has 0 saturated heterocycles. The fourth-order valence-corrected chi connectivity index (χ4v) is 9.71. The first-order valence-electron chi connectivity index (χ1n) is 20.1. The summed E-state index contributed by atoms with van der Waals surface area (Å²) < 4.78 is 45.7. The van der Waals surface area contributed by atoms with E-state index in [-0.39, 0.29) is 38.1 Å². The van der Waals surface area contributed by atoms with Gasteiger partial charge in [0.1, 0.15) is 36.1 Å². The standard InChI is InChI=1S/C46H57O11P/c1-32(2)38-25-24-33(3)26-39(38)53-31-40(47)56-43-44(57-58(52,54-29-36-20-12-6-13-21-36)55-30-37-22-14-7-15-23-37)46(51,28-35-18-10-5-11-19-35)42(49)41(48)45(43,50)27-34-16-8-4-9-17-34/h4-23,32-33,38-39,41-44,48-51H,24-31H2,1-3H3/t33?,38?,39?,41-,42-,43+,44-,45+,46+/m1/s1. The summed E-state index contributed by atoms with van der Waals surface area (Å²) in [5.74, 6) is 0.00799. The zero-order valence-electron chi connectivity index (χ0n) is 33.4. The van der Waals surface area contributed by atoms with Crippen LogP contribution in [0.5, 0.6) is 0 Å². The van der Waals surface area contributed by atoms with Crippen molar-refractivity contribution >= 4 is 13.8 Å². The van der Waals surface area contributed by atoms with Crippen molar-refractivity contribution in [2.75, 3.05) is 6.61 Å². The lowest BCUT2D eigenvalue weighted by molar-refractivity contribution is -0.302. The number of benzene rings is 4. The van der Waals surface area contributed by atoms with Gasteiger partial charge in [-0.2, -0.15) is 0 Å². The van der Waals surface area contributed by atoms with Gasteiger partial charge >= 0.3 is 13.8 Å². The number of rotatable bonds is 17. The van der Waals surface area contributed by atoms with Crippen molar-refractivity contribution in [3.8, 4) is 0 Å². The van der Waals surface area contributed by atoms with Crippen molar-refractivity contribution in [1.82, 2.24) is 0 Å². The predicted molar refractivity (Wildman–Crippen MR) is 218 cm³/mol. The number of carbonyl (C=O) groups excluding carboxylic acids is 1. The van der Waals surface area contributed by atoms with Crippen molar-refractivity contribution in [3.05, 3.63) is 144 Å². The van der Waals surface area contributed by atoms with Crippen LogP contribution >= 0.6 is 7.82 Å². The first-order valence-corrected chi connectivity index (χ1v) is 21.6. The van der Waals surface area contributed by atoms with E-state index in [0.717, 1.165) is 19.3 Å². The van der Waals surface area contributed by atoms with Gasteiger partial charge in [-0.25, -0.2) is 9.36 Å². The molecule has 4 N–H and O–H groups in total. The Morgan fingerprint density at radius 2 is 1.12 bits per heavy atom. The third-order valence-electron chi connectivity index (χ3n) is 11.6. The Morgan fingerprint density at radius 3 is 1.57 bits per heavy atom. The van der Waals surface area contributed by atoms with Crippen LogP contribution < -0.4 is 0 Å². The monoisotopic (exact) mass is 816 g/mol. The number of aliphatic hydroxyl groups excluding tert-OH is 2. The largest absolute Gasteiger partial charge is 0.475 e. The molecule has 0 heterocycles. The molecule has 3 unspecified atom stereocenters.